The first kappa shape index (κ1) is 20.8. The fraction of sp³-hybridized carbons (Fsp3) is 0.471. The molecule has 2 aromatic rings. The Balaban J connectivity index is 1.61. The average Bonchev–Trinajstić information content (AvgIpc) is 2.69. The van der Waals surface area contributed by atoms with Crippen molar-refractivity contribution in [3.8, 4) is 11.4 Å². The lowest BCUT2D eigenvalue weighted by Crippen LogP contribution is -2.24. The fourth-order valence-electron chi connectivity index (χ4n) is 2.05. The van der Waals surface area contributed by atoms with Crippen LogP contribution in [0, 0.1) is 6.92 Å². The van der Waals surface area contributed by atoms with Crippen LogP contribution in [-0.2, 0) is 25.7 Å². The second-order valence-electron chi connectivity index (χ2n) is 5.59. The second-order valence-corrected chi connectivity index (χ2v) is 5.59. The lowest BCUT2D eigenvalue weighted by Gasteiger charge is -2.07. The van der Waals surface area contributed by atoms with Crippen LogP contribution in [0.15, 0.2) is 24.3 Å². The maximum absolute atomic E-state index is 11.8. The zero-order chi connectivity index (χ0) is 19.3. The van der Waals surface area contributed by atoms with Gasteiger partial charge < -0.3 is 19.6 Å². The summed E-state index contributed by atoms with van der Waals surface area (Å²) in [5.41, 5.74) is 1.79. The molecule has 3 N–H and O–H groups in total. The van der Waals surface area contributed by atoms with E-state index in [4.69, 9.17) is 15.4 Å². The first-order valence-corrected chi connectivity index (χ1v) is 8.56. The molecule has 0 unspecified atom stereocenters. The lowest BCUT2D eigenvalue weighted by atomic mass is 10.1. The molecule has 0 bridgehead atoms. The van der Waals surface area contributed by atoms with E-state index in [0.717, 1.165) is 11.1 Å². The zero-order valence-electron chi connectivity index (χ0n) is 15.3. The SMILES string of the molecule is Cc1nnc(-c2ccc(CNC(=O)CCOCCOCCON)cc2)nn1. The number of hydrogen-bond acceptors (Lipinski definition) is 9. The third-order valence-corrected chi connectivity index (χ3v) is 3.47. The average molecular weight is 376 g/mol. The van der Waals surface area contributed by atoms with Crippen molar-refractivity contribution in [2.75, 3.05) is 33.0 Å². The number of carbonyl (C=O) groups excluding carboxylic acids is 1. The van der Waals surface area contributed by atoms with Crippen LogP contribution in [0.4, 0.5) is 0 Å². The number of aryl methyl sites for hydroxylation is 1. The summed E-state index contributed by atoms with van der Waals surface area (Å²) >= 11 is 0. The highest BCUT2D eigenvalue weighted by Gasteiger charge is 2.05. The summed E-state index contributed by atoms with van der Waals surface area (Å²) < 4.78 is 10.5. The molecule has 0 saturated heterocycles. The van der Waals surface area contributed by atoms with Crippen molar-refractivity contribution in [3.05, 3.63) is 35.7 Å². The van der Waals surface area contributed by atoms with Crippen LogP contribution >= 0.6 is 0 Å². The van der Waals surface area contributed by atoms with E-state index in [9.17, 15) is 4.79 Å². The van der Waals surface area contributed by atoms with Crippen molar-refractivity contribution in [1.82, 2.24) is 25.7 Å². The minimum atomic E-state index is -0.0770. The van der Waals surface area contributed by atoms with Gasteiger partial charge in [-0.15, -0.1) is 20.4 Å². The van der Waals surface area contributed by atoms with Crippen LogP contribution in [0.1, 0.15) is 17.8 Å². The summed E-state index contributed by atoms with van der Waals surface area (Å²) in [4.78, 5) is 16.2. The molecule has 0 spiro atoms. The van der Waals surface area contributed by atoms with Gasteiger partial charge in [0.05, 0.1) is 33.0 Å². The van der Waals surface area contributed by atoms with Gasteiger partial charge in [0.1, 0.15) is 0 Å². The molecule has 1 amide bonds. The van der Waals surface area contributed by atoms with Crippen LogP contribution < -0.4 is 11.2 Å². The van der Waals surface area contributed by atoms with Gasteiger partial charge in [0.15, 0.2) is 5.82 Å². The highest BCUT2D eigenvalue weighted by atomic mass is 16.6. The van der Waals surface area contributed by atoms with E-state index < -0.39 is 0 Å². The molecular weight excluding hydrogens is 352 g/mol. The maximum Gasteiger partial charge on any atom is 0.222 e. The molecule has 1 heterocycles. The Morgan fingerprint density at radius 2 is 1.59 bits per heavy atom. The Morgan fingerprint density at radius 1 is 0.963 bits per heavy atom. The molecule has 0 fully saturated rings. The number of nitrogens with zero attached hydrogens (tertiary/aromatic N) is 4. The van der Waals surface area contributed by atoms with E-state index in [-0.39, 0.29) is 5.91 Å². The normalized spacial score (nSPS) is 10.7. The van der Waals surface area contributed by atoms with E-state index in [1.807, 2.05) is 24.3 Å². The predicted molar refractivity (Wildman–Crippen MR) is 96.0 cm³/mol. The molecule has 27 heavy (non-hydrogen) atoms. The van der Waals surface area contributed by atoms with Gasteiger partial charge in [-0.3, -0.25) is 4.79 Å². The van der Waals surface area contributed by atoms with E-state index in [0.29, 0.717) is 57.6 Å². The van der Waals surface area contributed by atoms with Crippen molar-refractivity contribution < 1.29 is 19.1 Å². The number of carbonyl (C=O) groups is 1. The largest absolute Gasteiger partial charge is 0.379 e. The molecular formula is C17H24N6O4. The summed E-state index contributed by atoms with van der Waals surface area (Å²) in [6.07, 6.45) is 0.290. The van der Waals surface area contributed by atoms with E-state index in [1.54, 1.807) is 6.92 Å². The molecule has 1 aromatic heterocycles. The summed E-state index contributed by atoms with van der Waals surface area (Å²) in [6.45, 7) is 4.13. The van der Waals surface area contributed by atoms with Crippen molar-refractivity contribution in [2.24, 2.45) is 5.90 Å². The number of ether oxygens (including phenoxy) is 2. The number of benzene rings is 1. The van der Waals surface area contributed by atoms with Gasteiger partial charge in [0.25, 0.3) is 0 Å². The Labute approximate surface area is 157 Å². The van der Waals surface area contributed by atoms with Crippen molar-refractivity contribution in [2.45, 2.75) is 19.9 Å². The molecule has 0 atom stereocenters. The van der Waals surface area contributed by atoms with Crippen molar-refractivity contribution >= 4 is 5.91 Å². The first-order chi connectivity index (χ1) is 13.2. The number of amides is 1. The van der Waals surface area contributed by atoms with Crippen LogP contribution in [0.3, 0.4) is 0 Å². The van der Waals surface area contributed by atoms with Gasteiger partial charge >= 0.3 is 0 Å². The molecule has 0 aliphatic carbocycles. The summed E-state index contributed by atoms with van der Waals surface area (Å²) in [5.74, 6) is 5.78. The first-order valence-electron chi connectivity index (χ1n) is 8.56. The highest BCUT2D eigenvalue weighted by molar-refractivity contribution is 5.75. The summed E-state index contributed by atoms with van der Waals surface area (Å²) in [5, 5.41) is 18.6. The van der Waals surface area contributed by atoms with Gasteiger partial charge in [0, 0.05) is 18.5 Å². The Kier molecular flexibility index (Phi) is 9.21. The molecule has 2 rings (SSSR count). The molecule has 146 valence electrons. The topological polar surface area (TPSA) is 134 Å². The smallest absolute Gasteiger partial charge is 0.222 e. The minimum absolute atomic E-state index is 0.0770. The number of rotatable bonds is 12. The number of nitrogens with two attached hydrogens (primary N) is 1. The third kappa shape index (κ3) is 8.13. The monoisotopic (exact) mass is 376 g/mol. The number of hydrogen-bond donors (Lipinski definition) is 2. The third-order valence-electron chi connectivity index (χ3n) is 3.47. The molecule has 0 saturated carbocycles. The van der Waals surface area contributed by atoms with Gasteiger partial charge in [-0.1, -0.05) is 24.3 Å². The predicted octanol–water partition coefficient (Wildman–Crippen LogP) is 0.172. The minimum Gasteiger partial charge on any atom is -0.379 e. The Hall–Kier alpha value is -2.53. The van der Waals surface area contributed by atoms with Crippen molar-refractivity contribution in [3.63, 3.8) is 0 Å². The molecule has 0 aliphatic heterocycles. The number of aromatic nitrogens is 4. The van der Waals surface area contributed by atoms with Crippen LogP contribution in [0.5, 0.6) is 0 Å². The molecule has 10 heteroatoms. The van der Waals surface area contributed by atoms with E-state index in [1.165, 1.54) is 0 Å². The Bertz CT molecular complexity index is 681. The van der Waals surface area contributed by atoms with Crippen LogP contribution in [0.2, 0.25) is 0 Å². The Morgan fingerprint density at radius 3 is 2.26 bits per heavy atom. The van der Waals surface area contributed by atoms with Gasteiger partial charge in [0.2, 0.25) is 11.7 Å². The standard InChI is InChI=1S/C17H24N6O4/c1-13-20-22-17(23-21-13)15-4-2-14(3-5-15)12-19-16(24)6-7-25-8-9-26-10-11-27-18/h2-5H,6-12,18H2,1H3,(H,19,24). The quantitative estimate of drug-likeness (QED) is 0.392. The summed E-state index contributed by atoms with van der Waals surface area (Å²) in [7, 11) is 0. The molecule has 0 aliphatic rings. The van der Waals surface area contributed by atoms with Crippen LogP contribution in [0.25, 0.3) is 11.4 Å². The van der Waals surface area contributed by atoms with Gasteiger partial charge in [-0.05, 0) is 12.5 Å². The second kappa shape index (κ2) is 12.0. The molecule has 10 nitrogen and oxygen atoms in total. The van der Waals surface area contributed by atoms with Crippen molar-refractivity contribution in [1.29, 1.82) is 0 Å². The maximum atomic E-state index is 11.8. The van der Waals surface area contributed by atoms with Gasteiger partial charge in [-0.2, -0.15) is 0 Å². The molecule has 0 radical (unpaired) electrons. The van der Waals surface area contributed by atoms with Crippen LogP contribution in [-0.4, -0.2) is 59.3 Å². The van der Waals surface area contributed by atoms with E-state index in [2.05, 4.69) is 30.5 Å². The fourth-order valence-corrected chi connectivity index (χ4v) is 2.05. The molecule has 1 aromatic carbocycles. The highest BCUT2D eigenvalue weighted by Crippen LogP contribution is 2.13. The van der Waals surface area contributed by atoms with Gasteiger partial charge in [-0.25, -0.2) is 5.90 Å². The number of nitrogens with one attached hydrogen (secondary N) is 1. The van der Waals surface area contributed by atoms with E-state index >= 15 is 0 Å². The summed E-state index contributed by atoms with van der Waals surface area (Å²) in [6, 6.07) is 7.54. The lowest BCUT2D eigenvalue weighted by molar-refractivity contribution is -0.122. The zero-order valence-corrected chi connectivity index (χ0v) is 15.3.